The standard InChI is InChI=1S/C4H8GeS3/c1-3-7-5-8-4-2-6-1/h1-4H2. The summed E-state index contributed by atoms with van der Waals surface area (Å²) < 4.78 is 0. The van der Waals surface area contributed by atoms with Crippen LogP contribution in [0.25, 0.3) is 0 Å². The molecule has 0 aliphatic carbocycles. The summed E-state index contributed by atoms with van der Waals surface area (Å²) >= 11 is 2.48. The van der Waals surface area contributed by atoms with Gasteiger partial charge in [0.1, 0.15) is 0 Å². The maximum absolute atomic E-state index is 2.20. The molecule has 0 aromatic heterocycles. The van der Waals surface area contributed by atoms with E-state index in [2.05, 4.69) is 31.9 Å². The Hall–Kier alpha value is 1.59. The molecule has 1 fully saturated rings. The molecule has 0 unspecified atom stereocenters. The zero-order valence-electron chi connectivity index (χ0n) is 4.55. The molecule has 1 aliphatic rings. The van der Waals surface area contributed by atoms with Gasteiger partial charge in [0.2, 0.25) is 0 Å². The van der Waals surface area contributed by atoms with Crippen LogP contribution in [0.4, 0.5) is 0 Å². The molecule has 0 aromatic carbocycles. The van der Waals surface area contributed by atoms with Crippen LogP contribution in [-0.4, -0.2) is 36.2 Å². The molecule has 0 saturated carbocycles. The monoisotopic (exact) mass is 226 g/mol. The summed E-state index contributed by atoms with van der Waals surface area (Å²) in [6.07, 6.45) is 0. The van der Waals surface area contributed by atoms with Gasteiger partial charge < -0.3 is 0 Å². The molecule has 1 aliphatic heterocycles. The Balaban J connectivity index is 2.00. The average molecular weight is 225 g/mol. The molecular weight excluding hydrogens is 217 g/mol. The maximum atomic E-state index is 2.20. The van der Waals surface area contributed by atoms with E-state index in [1.54, 1.807) is 0 Å². The van der Waals surface area contributed by atoms with Gasteiger partial charge in [0, 0.05) is 0 Å². The second kappa shape index (κ2) is 5.38. The van der Waals surface area contributed by atoms with E-state index in [1.807, 2.05) is 0 Å². The van der Waals surface area contributed by atoms with Crippen molar-refractivity contribution in [1.29, 1.82) is 0 Å². The fourth-order valence-electron chi connectivity index (χ4n) is 0.428. The van der Waals surface area contributed by atoms with E-state index >= 15 is 0 Å². The predicted molar refractivity (Wildman–Crippen MR) is 48.0 cm³/mol. The van der Waals surface area contributed by atoms with Gasteiger partial charge in [-0.05, 0) is 0 Å². The molecule has 46 valence electrons. The average Bonchev–Trinajstić information content (AvgIpc) is 1.62. The molecule has 4 heteroatoms. The van der Waals surface area contributed by atoms with E-state index in [-0.39, 0.29) is 0 Å². The van der Waals surface area contributed by atoms with Crippen molar-refractivity contribution < 1.29 is 0 Å². The summed E-state index contributed by atoms with van der Waals surface area (Å²) in [6.45, 7) is 0. The molecule has 0 atom stereocenters. The van der Waals surface area contributed by atoms with Crippen molar-refractivity contribution in [2.45, 2.75) is 0 Å². The third kappa shape index (κ3) is 3.59. The number of hydrogen-bond donors (Lipinski definition) is 0. The summed E-state index contributed by atoms with van der Waals surface area (Å²) in [7, 11) is 4.39. The van der Waals surface area contributed by atoms with Crippen molar-refractivity contribution in [2.75, 3.05) is 23.0 Å². The zero-order chi connectivity index (χ0) is 5.66. The predicted octanol–water partition coefficient (Wildman–Crippen LogP) is 1.73. The fourth-order valence-corrected chi connectivity index (χ4v) is 11.1. The first-order valence-corrected chi connectivity index (χ1v) is 10.8. The Morgan fingerprint density at radius 2 is 1.50 bits per heavy atom. The Morgan fingerprint density at radius 3 is 2.12 bits per heavy atom. The molecular formula is C4H8GeS3. The van der Waals surface area contributed by atoms with Gasteiger partial charge in [-0.1, -0.05) is 0 Å². The third-order valence-corrected chi connectivity index (χ3v) is 11.1. The number of hydrogen-bond acceptors (Lipinski definition) is 3. The summed E-state index contributed by atoms with van der Waals surface area (Å²) in [5, 5.41) is 0. The van der Waals surface area contributed by atoms with Crippen LogP contribution in [0.5, 0.6) is 0 Å². The van der Waals surface area contributed by atoms with Crippen LogP contribution in [0.2, 0.25) is 0 Å². The van der Waals surface area contributed by atoms with Crippen LogP contribution in [-0.2, 0) is 0 Å². The van der Waals surface area contributed by atoms with Crippen molar-refractivity contribution in [3.63, 3.8) is 0 Å². The van der Waals surface area contributed by atoms with Gasteiger partial charge >= 0.3 is 68.1 Å². The van der Waals surface area contributed by atoms with Gasteiger partial charge in [0.25, 0.3) is 0 Å². The van der Waals surface area contributed by atoms with Crippen LogP contribution >= 0.6 is 31.9 Å². The Bertz CT molecular complexity index is 35.2. The van der Waals surface area contributed by atoms with Gasteiger partial charge in [-0.3, -0.25) is 0 Å². The van der Waals surface area contributed by atoms with E-state index in [4.69, 9.17) is 0 Å². The van der Waals surface area contributed by atoms with Crippen LogP contribution in [0.15, 0.2) is 0 Å². The molecule has 1 saturated heterocycles. The quantitative estimate of drug-likeness (QED) is 0.576. The first-order chi connectivity index (χ1) is 4.00. The van der Waals surface area contributed by atoms with Crippen molar-refractivity contribution in [2.24, 2.45) is 0 Å². The Morgan fingerprint density at radius 1 is 0.875 bits per heavy atom. The van der Waals surface area contributed by atoms with Gasteiger partial charge in [-0.2, -0.15) is 0 Å². The first-order valence-electron chi connectivity index (χ1n) is 2.56. The van der Waals surface area contributed by atoms with Crippen molar-refractivity contribution in [3.8, 4) is 0 Å². The topological polar surface area (TPSA) is 0 Å². The van der Waals surface area contributed by atoms with E-state index in [0.717, 1.165) is 0 Å². The molecule has 8 heavy (non-hydrogen) atoms. The van der Waals surface area contributed by atoms with E-state index in [0.29, 0.717) is 13.1 Å². The van der Waals surface area contributed by atoms with Crippen molar-refractivity contribution in [3.05, 3.63) is 0 Å². The SMILES string of the molecule is C1C[S][Ge][S]CCS1. The van der Waals surface area contributed by atoms with Crippen LogP contribution in [0.3, 0.4) is 0 Å². The van der Waals surface area contributed by atoms with Gasteiger partial charge in [0.05, 0.1) is 0 Å². The zero-order valence-corrected chi connectivity index (χ0v) is 9.10. The Kier molecular flexibility index (Phi) is 5.18. The molecule has 1 rings (SSSR count). The second-order valence-corrected chi connectivity index (χ2v) is 11.5. The Labute approximate surface area is 67.8 Å². The third-order valence-electron chi connectivity index (χ3n) is 0.777. The molecule has 0 aromatic rings. The summed E-state index contributed by atoms with van der Waals surface area (Å²) in [6, 6.07) is 0. The molecule has 0 amide bonds. The molecule has 1 heterocycles. The fraction of sp³-hybridized carbons (Fsp3) is 1.00. The summed E-state index contributed by atoms with van der Waals surface area (Å²) in [5.74, 6) is 5.62. The molecule has 0 nitrogen and oxygen atoms in total. The number of thioether (sulfide) groups is 1. The van der Waals surface area contributed by atoms with Gasteiger partial charge in [-0.25, -0.2) is 0 Å². The van der Waals surface area contributed by atoms with Crippen molar-refractivity contribution in [1.82, 2.24) is 0 Å². The van der Waals surface area contributed by atoms with E-state index < -0.39 is 0 Å². The van der Waals surface area contributed by atoms with Crippen LogP contribution in [0, 0.1) is 0 Å². The van der Waals surface area contributed by atoms with Crippen molar-refractivity contribution >= 4 is 45.1 Å². The minimum absolute atomic E-state index is 0.376. The second-order valence-electron chi connectivity index (χ2n) is 1.39. The molecule has 0 spiro atoms. The van der Waals surface area contributed by atoms with Crippen LogP contribution in [0.1, 0.15) is 0 Å². The van der Waals surface area contributed by atoms with Gasteiger partial charge in [-0.15, -0.1) is 0 Å². The molecule has 0 N–H and O–H groups in total. The van der Waals surface area contributed by atoms with E-state index in [9.17, 15) is 0 Å². The molecule has 0 bridgehead atoms. The minimum atomic E-state index is 0.376. The van der Waals surface area contributed by atoms with E-state index in [1.165, 1.54) is 23.0 Å². The van der Waals surface area contributed by atoms with Gasteiger partial charge in [0.15, 0.2) is 0 Å². The summed E-state index contributed by atoms with van der Waals surface area (Å²) in [5.41, 5.74) is 0. The molecule has 2 radical (unpaired) electrons. The first kappa shape index (κ1) is 7.70. The number of rotatable bonds is 0. The normalized spacial score (nSPS) is 24.0. The summed E-state index contributed by atoms with van der Waals surface area (Å²) in [4.78, 5) is 0. The van der Waals surface area contributed by atoms with Crippen LogP contribution < -0.4 is 0 Å².